The third kappa shape index (κ3) is 3.45. The van der Waals surface area contributed by atoms with E-state index < -0.39 is 17.6 Å². The van der Waals surface area contributed by atoms with E-state index in [2.05, 4.69) is 0 Å². The molecule has 0 radical (unpaired) electrons. The standard InChI is InChI=1S/C13H16F4N2/c14-12-2-1-9(5-11(12)13(15,16)17)7-19-4-3-10(6-18)8-19/h1-2,5,10H,3-4,6-8,18H2. The number of nitrogens with zero attached hydrogens (tertiary/aromatic N) is 1. The molecule has 1 fully saturated rings. The summed E-state index contributed by atoms with van der Waals surface area (Å²) in [5.74, 6) is -0.819. The second-order valence-corrected chi connectivity index (χ2v) is 4.94. The fraction of sp³-hybridized carbons (Fsp3) is 0.538. The van der Waals surface area contributed by atoms with Crippen LogP contribution in [0.25, 0.3) is 0 Å². The van der Waals surface area contributed by atoms with Gasteiger partial charge >= 0.3 is 6.18 Å². The Balaban J connectivity index is 2.10. The highest BCUT2D eigenvalue weighted by atomic mass is 19.4. The van der Waals surface area contributed by atoms with Crippen LogP contribution in [0.1, 0.15) is 17.5 Å². The molecule has 0 saturated carbocycles. The first kappa shape index (κ1) is 14.3. The van der Waals surface area contributed by atoms with Gasteiger partial charge in [0.05, 0.1) is 5.56 Å². The summed E-state index contributed by atoms with van der Waals surface area (Å²) in [4.78, 5) is 2.05. The lowest BCUT2D eigenvalue weighted by atomic mass is 10.1. The van der Waals surface area contributed by atoms with Crippen molar-refractivity contribution in [2.75, 3.05) is 19.6 Å². The molecule has 1 saturated heterocycles. The van der Waals surface area contributed by atoms with Crippen molar-refractivity contribution in [3.63, 3.8) is 0 Å². The number of alkyl halides is 3. The molecule has 19 heavy (non-hydrogen) atoms. The van der Waals surface area contributed by atoms with Crippen LogP contribution >= 0.6 is 0 Å². The number of nitrogens with two attached hydrogens (primary N) is 1. The van der Waals surface area contributed by atoms with Crippen molar-refractivity contribution in [3.8, 4) is 0 Å². The Labute approximate surface area is 109 Å². The highest BCUT2D eigenvalue weighted by molar-refractivity contribution is 5.27. The molecule has 1 heterocycles. The van der Waals surface area contributed by atoms with E-state index in [0.717, 1.165) is 31.6 Å². The van der Waals surface area contributed by atoms with Gasteiger partial charge in [0.15, 0.2) is 0 Å². The summed E-state index contributed by atoms with van der Waals surface area (Å²) in [7, 11) is 0. The summed E-state index contributed by atoms with van der Waals surface area (Å²) in [5, 5.41) is 0. The van der Waals surface area contributed by atoms with E-state index >= 15 is 0 Å². The Morgan fingerprint density at radius 1 is 1.32 bits per heavy atom. The number of hydrogen-bond acceptors (Lipinski definition) is 2. The number of benzene rings is 1. The SMILES string of the molecule is NCC1CCN(Cc2ccc(F)c(C(F)(F)F)c2)C1. The second-order valence-electron chi connectivity index (χ2n) is 4.94. The highest BCUT2D eigenvalue weighted by Crippen LogP contribution is 2.32. The number of likely N-dealkylation sites (tertiary alicyclic amines) is 1. The molecule has 0 aromatic heterocycles. The van der Waals surface area contributed by atoms with Crippen molar-refractivity contribution in [2.24, 2.45) is 11.7 Å². The van der Waals surface area contributed by atoms with Gasteiger partial charge < -0.3 is 5.73 Å². The van der Waals surface area contributed by atoms with Gasteiger partial charge in [-0.3, -0.25) is 4.90 Å². The number of rotatable bonds is 3. The minimum absolute atomic E-state index is 0.403. The molecule has 1 aliphatic rings. The zero-order valence-electron chi connectivity index (χ0n) is 10.4. The first-order valence-corrected chi connectivity index (χ1v) is 6.18. The van der Waals surface area contributed by atoms with Crippen LogP contribution in [-0.2, 0) is 12.7 Å². The van der Waals surface area contributed by atoms with Crippen molar-refractivity contribution in [1.29, 1.82) is 0 Å². The predicted molar refractivity (Wildman–Crippen MR) is 63.8 cm³/mol. The van der Waals surface area contributed by atoms with Gasteiger partial charge in [0.25, 0.3) is 0 Å². The van der Waals surface area contributed by atoms with Gasteiger partial charge in [0.1, 0.15) is 5.82 Å². The Morgan fingerprint density at radius 3 is 2.63 bits per heavy atom. The lowest BCUT2D eigenvalue weighted by Crippen LogP contribution is -2.23. The summed E-state index contributed by atoms with van der Waals surface area (Å²) in [6, 6.07) is 3.18. The van der Waals surface area contributed by atoms with E-state index in [-0.39, 0.29) is 0 Å². The zero-order valence-corrected chi connectivity index (χ0v) is 10.4. The zero-order chi connectivity index (χ0) is 14.0. The maximum atomic E-state index is 13.1. The summed E-state index contributed by atoms with van der Waals surface area (Å²) in [6.07, 6.45) is -3.69. The van der Waals surface area contributed by atoms with Crippen LogP contribution < -0.4 is 5.73 Å². The van der Waals surface area contributed by atoms with Crippen LogP contribution in [0.2, 0.25) is 0 Å². The first-order chi connectivity index (χ1) is 8.90. The molecule has 2 rings (SSSR count). The van der Waals surface area contributed by atoms with Crippen molar-refractivity contribution >= 4 is 0 Å². The van der Waals surface area contributed by atoms with Crippen LogP contribution in [-0.4, -0.2) is 24.5 Å². The van der Waals surface area contributed by atoms with E-state index in [9.17, 15) is 17.6 Å². The average molecular weight is 276 g/mol. The molecular weight excluding hydrogens is 260 g/mol. The minimum Gasteiger partial charge on any atom is -0.330 e. The molecule has 2 nitrogen and oxygen atoms in total. The Bertz CT molecular complexity index is 445. The molecule has 0 spiro atoms. The monoisotopic (exact) mass is 276 g/mol. The quantitative estimate of drug-likeness (QED) is 0.860. The van der Waals surface area contributed by atoms with Gasteiger partial charge in [0.2, 0.25) is 0 Å². The van der Waals surface area contributed by atoms with E-state index in [1.54, 1.807) is 0 Å². The predicted octanol–water partition coefficient (Wildman–Crippen LogP) is 2.63. The van der Waals surface area contributed by atoms with Gasteiger partial charge in [-0.25, -0.2) is 4.39 Å². The maximum absolute atomic E-state index is 13.1. The molecule has 2 N–H and O–H groups in total. The Kier molecular flexibility index (Phi) is 4.10. The Morgan fingerprint density at radius 2 is 2.05 bits per heavy atom. The number of hydrogen-bond donors (Lipinski definition) is 1. The molecule has 6 heteroatoms. The first-order valence-electron chi connectivity index (χ1n) is 6.18. The van der Waals surface area contributed by atoms with E-state index in [1.165, 1.54) is 6.07 Å². The Hall–Kier alpha value is -1.14. The largest absolute Gasteiger partial charge is 0.419 e. The fourth-order valence-corrected chi connectivity index (χ4v) is 2.40. The van der Waals surface area contributed by atoms with E-state index in [4.69, 9.17) is 5.73 Å². The smallest absolute Gasteiger partial charge is 0.330 e. The molecule has 1 atom stereocenters. The molecule has 0 aliphatic carbocycles. The van der Waals surface area contributed by atoms with Crippen LogP contribution in [0.3, 0.4) is 0 Å². The molecule has 1 unspecified atom stereocenters. The van der Waals surface area contributed by atoms with Crippen LogP contribution in [0.4, 0.5) is 17.6 Å². The lowest BCUT2D eigenvalue weighted by molar-refractivity contribution is -0.140. The highest BCUT2D eigenvalue weighted by Gasteiger charge is 2.34. The topological polar surface area (TPSA) is 29.3 Å². The van der Waals surface area contributed by atoms with Crippen molar-refractivity contribution in [1.82, 2.24) is 4.90 Å². The van der Waals surface area contributed by atoms with Crippen LogP contribution in [0.5, 0.6) is 0 Å². The number of halogens is 4. The normalized spacial score (nSPS) is 21.0. The van der Waals surface area contributed by atoms with E-state index in [1.807, 2.05) is 4.90 Å². The third-order valence-corrected chi connectivity index (χ3v) is 3.45. The molecule has 1 aliphatic heterocycles. The summed E-state index contributed by atoms with van der Waals surface area (Å²) in [6.45, 7) is 2.60. The molecule has 1 aromatic rings. The van der Waals surface area contributed by atoms with E-state index in [0.29, 0.717) is 24.6 Å². The van der Waals surface area contributed by atoms with Crippen LogP contribution in [0.15, 0.2) is 18.2 Å². The average Bonchev–Trinajstić information content (AvgIpc) is 2.78. The van der Waals surface area contributed by atoms with Crippen molar-refractivity contribution < 1.29 is 17.6 Å². The van der Waals surface area contributed by atoms with Gasteiger partial charge in [-0.1, -0.05) is 6.07 Å². The van der Waals surface area contributed by atoms with Gasteiger partial charge in [0, 0.05) is 13.1 Å². The van der Waals surface area contributed by atoms with Gasteiger partial charge in [-0.15, -0.1) is 0 Å². The fourth-order valence-electron chi connectivity index (χ4n) is 2.40. The van der Waals surface area contributed by atoms with Crippen LogP contribution in [0, 0.1) is 11.7 Å². The third-order valence-electron chi connectivity index (χ3n) is 3.45. The van der Waals surface area contributed by atoms with Crippen molar-refractivity contribution in [2.45, 2.75) is 19.1 Å². The summed E-state index contributed by atoms with van der Waals surface area (Å²) in [5.41, 5.74) is 4.85. The summed E-state index contributed by atoms with van der Waals surface area (Å²) >= 11 is 0. The molecule has 0 bridgehead atoms. The van der Waals surface area contributed by atoms with Gasteiger partial charge in [-0.05, 0) is 43.1 Å². The molecule has 0 amide bonds. The molecular formula is C13H16F4N2. The lowest BCUT2D eigenvalue weighted by Gasteiger charge is -2.17. The van der Waals surface area contributed by atoms with Gasteiger partial charge in [-0.2, -0.15) is 13.2 Å². The van der Waals surface area contributed by atoms with Crippen molar-refractivity contribution in [3.05, 3.63) is 35.1 Å². The minimum atomic E-state index is -4.65. The molecule has 106 valence electrons. The summed E-state index contributed by atoms with van der Waals surface area (Å²) < 4.78 is 50.9. The maximum Gasteiger partial charge on any atom is 0.419 e. The molecule has 1 aromatic carbocycles. The second kappa shape index (κ2) is 5.46.